The molecule has 4 rings (SSSR count). The molecule has 0 heterocycles. The molecule has 4 aromatic rings. The van der Waals surface area contributed by atoms with Crippen molar-refractivity contribution in [3.05, 3.63) is 118 Å². The standard InChI is InChI=1S/C51H69N/c1-7-11-14-16-18-22-33-47-37-42(36-46(40(47)5)28-13-9-3)35-43(10-4)41(6)52-48-38-50(44-29-23-20-24-30-44)49(34-27-19-17-15-12-8-2)51(39-48)45-31-25-21-26-32-45/h20-21,23-26,29-32,35-39H,7-19,22,27-28,33-34H2,1-6H3. The molecule has 52 heavy (non-hydrogen) atoms. The highest BCUT2D eigenvalue weighted by Crippen LogP contribution is 2.38. The molecule has 0 fully saturated rings. The molecule has 0 unspecified atom stereocenters. The number of rotatable bonds is 23. The van der Waals surface area contributed by atoms with E-state index >= 15 is 0 Å². The van der Waals surface area contributed by atoms with Gasteiger partial charge in [0, 0.05) is 5.71 Å². The van der Waals surface area contributed by atoms with Crippen LogP contribution in [0, 0.1) is 6.92 Å². The predicted octanol–water partition coefficient (Wildman–Crippen LogP) is 16.1. The van der Waals surface area contributed by atoms with Crippen LogP contribution in [0.1, 0.15) is 159 Å². The summed E-state index contributed by atoms with van der Waals surface area (Å²) in [6, 6.07) is 31.7. The first-order chi connectivity index (χ1) is 25.5. The van der Waals surface area contributed by atoms with Crippen LogP contribution in [0.3, 0.4) is 0 Å². The fraction of sp³-hybridized carbons (Fsp3) is 0.471. The van der Waals surface area contributed by atoms with Crippen LogP contribution < -0.4 is 0 Å². The average Bonchev–Trinajstić information content (AvgIpc) is 3.17. The number of benzene rings is 4. The zero-order valence-corrected chi connectivity index (χ0v) is 33.8. The molecule has 278 valence electrons. The minimum atomic E-state index is 0.952. The van der Waals surface area contributed by atoms with E-state index < -0.39 is 0 Å². The van der Waals surface area contributed by atoms with E-state index in [1.165, 1.54) is 146 Å². The zero-order chi connectivity index (χ0) is 37.0. The normalized spacial score (nSPS) is 12.1. The fourth-order valence-electron chi connectivity index (χ4n) is 7.68. The third-order valence-corrected chi connectivity index (χ3v) is 10.9. The molecule has 1 heteroatoms. The number of hydrogen-bond acceptors (Lipinski definition) is 1. The first-order valence-corrected chi connectivity index (χ1v) is 21.1. The lowest BCUT2D eigenvalue weighted by Crippen LogP contribution is -2.01. The molecule has 0 aliphatic carbocycles. The van der Waals surface area contributed by atoms with E-state index in [0.29, 0.717) is 0 Å². The summed E-state index contributed by atoms with van der Waals surface area (Å²) in [5.74, 6) is 0. The van der Waals surface area contributed by atoms with Crippen molar-refractivity contribution in [1.82, 2.24) is 0 Å². The molecule has 0 saturated heterocycles. The maximum absolute atomic E-state index is 5.42. The first-order valence-electron chi connectivity index (χ1n) is 21.1. The summed E-state index contributed by atoms with van der Waals surface area (Å²) in [4.78, 5) is 5.42. The molecule has 0 aliphatic heterocycles. The highest BCUT2D eigenvalue weighted by atomic mass is 14.7. The molecule has 0 aromatic heterocycles. The molecule has 0 radical (unpaired) electrons. The van der Waals surface area contributed by atoms with Crippen molar-refractivity contribution in [2.24, 2.45) is 4.99 Å². The average molecular weight is 696 g/mol. The van der Waals surface area contributed by atoms with Gasteiger partial charge in [0.05, 0.1) is 5.69 Å². The summed E-state index contributed by atoms with van der Waals surface area (Å²) in [5, 5.41) is 0. The summed E-state index contributed by atoms with van der Waals surface area (Å²) < 4.78 is 0. The van der Waals surface area contributed by atoms with Gasteiger partial charge in [0.25, 0.3) is 0 Å². The Balaban J connectivity index is 1.72. The summed E-state index contributed by atoms with van der Waals surface area (Å²) >= 11 is 0. The van der Waals surface area contributed by atoms with Gasteiger partial charge in [-0.25, -0.2) is 0 Å². The Kier molecular flexibility index (Phi) is 18.2. The van der Waals surface area contributed by atoms with Gasteiger partial charge in [0.1, 0.15) is 0 Å². The van der Waals surface area contributed by atoms with Crippen molar-refractivity contribution in [3.8, 4) is 22.3 Å². The summed E-state index contributed by atoms with van der Waals surface area (Å²) in [6.45, 7) is 13.8. The van der Waals surface area contributed by atoms with E-state index in [1.807, 2.05) is 0 Å². The molecule has 0 amide bonds. The molecule has 0 saturated carbocycles. The van der Waals surface area contributed by atoms with Gasteiger partial charge < -0.3 is 0 Å². The van der Waals surface area contributed by atoms with Crippen LogP contribution in [0.2, 0.25) is 0 Å². The number of aliphatic imine (C=N–C) groups is 1. The van der Waals surface area contributed by atoms with Gasteiger partial charge in [-0.1, -0.05) is 171 Å². The minimum absolute atomic E-state index is 0.952. The van der Waals surface area contributed by atoms with Gasteiger partial charge in [0.15, 0.2) is 0 Å². The van der Waals surface area contributed by atoms with Crippen molar-refractivity contribution >= 4 is 17.5 Å². The molecule has 0 spiro atoms. The molecule has 0 N–H and O–H groups in total. The lowest BCUT2D eigenvalue weighted by atomic mass is 9.88. The molecule has 1 nitrogen and oxygen atoms in total. The fourth-order valence-corrected chi connectivity index (χ4v) is 7.68. The molecule has 4 aromatic carbocycles. The summed E-state index contributed by atoms with van der Waals surface area (Å²) in [6.07, 6.45) is 25.1. The van der Waals surface area contributed by atoms with Gasteiger partial charge in [0.2, 0.25) is 0 Å². The number of nitrogens with zero attached hydrogens (tertiary/aromatic N) is 1. The minimum Gasteiger partial charge on any atom is -0.253 e. The number of unbranched alkanes of at least 4 members (excludes halogenated alkanes) is 11. The van der Waals surface area contributed by atoms with E-state index in [1.54, 1.807) is 5.56 Å². The monoisotopic (exact) mass is 696 g/mol. The lowest BCUT2D eigenvalue weighted by Gasteiger charge is -2.18. The zero-order valence-electron chi connectivity index (χ0n) is 33.8. The van der Waals surface area contributed by atoms with Crippen LogP contribution >= 0.6 is 0 Å². The Bertz CT molecular complexity index is 1610. The quantitative estimate of drug-likeness (QED) is 0.0541. The predicted molar refractivity (Wildman–Crippen MR) is 232 cm³/mol. The second kappa shape index (κ2) is 23.1. The Hall–Kier alpha value is -3.71. The molecule has 0 bridgehead atoms. The Labute approximate surface area is 319 Å². The van der Waals surface area contributed by atoms with Gasteiger partial charge in [-0.3, -0.25) is 4.99 Å². The van der Waals surface area contributed by atoms with E-state index in [2.05, 4.69) is 133 Å². The topological polar surface area (TPSA) is 12.4 Å². The second-order valence-corrected chi connectivity index (χ2v) is 15.1. The van der Waals surface area contributed by atoms with Gasteiger partial charge in [-0.2, -0.15) is 0 Å². The maximum atomic E-state index is 5.42. The van der Waals surface area contributed by atoms with Crippen LogP contribution in [-0.2, 0) is 19.3 Å². The first kappa shape index (κ1) is 41.1. The lowest BCUT2D eigenvalue weighted by molar-refractivity contribution is 0.607. The highest BCUT2D eigenvalue weighted by molar-refractivity contribution is 6.03. The van der Waals surface area contributed by atoms with Crippen LogP contribution in [0.15, 0.2) is 95.5 Å². The van der Waals surface area contributed by atoms with Gasteiger partial charge in [-0.05, 0) is 133 Å². The van der Waals surface area contributed by atoms with Crippen molar-refractivity contribution in [3.63, 3.8) is 0 Å². The number of aryl methyl sites for hydroxylation is 2. The SMILES string of the molecule is CCCCCCCCc1cc(C=C(CC)C(C)=Nc2cc(-c3ccccc3)c(CCCCCCCC)c(-c3ccccc3)c2)cc(CCCC)c1C. The molecular weight excluding hydrogens is 627 g/mol. The number of allylic oxidation sites excluding steroid dienone is 1. The van der Waals surface area contributed by atoms with Crippen LogP contribution in [-0.4, -0.2) is 5.71 Å². The third kappa shape index (κ3) is 12.8. The van der Waals surface area contributed by atoms with Crippen LogP contribution in [0.25, 0.3) is 28.3 Å². The maximum Gasteiger partial charge on any atom is 0.0645 e. The molecule has 0 aliphatic rings. The second-order valence-electron chi connectivity index (χ2n) is 15.1. The Morgan fingerprint density at radius 3 is 1.50 bits per heavy atom. The molecule has 0 atom stereocenters. The van der Waals surface area contributed by atoms with E-state index in [0.717, 1.165) is 30.7 Å². The van der Waals surface area contributed by atoms with Crippen molar-refractivity contribution in [2.75, 3.05) is 0 Å². The summed E-state index contributed by atoms with van der Waals surface area (Å²) in [5.41, 5.74) is 16.0. The van der Waals surface area contributed by atoms with Crippen molar-refractivity contribution in [1.29, 1.82) is 0 Å². The largest absolute Gasteiger partial charge is 0.253 e. The van der Waals surface area contributed by atoms with Crippen LogP contribution in [0.5, 0.6) is 0 Å². The van der Waals surface area contributed by atoms with Crippen LogP contribution in [0.4, 0.5) is 5.69 Å². The summed E-state index contributed by atoms with van der Waals surface area (Å²) in [7, 11) is 0. The highest BCUT2D eigenvalue weighted by Gasteiger charge is 2.15. The van der Waals surface area contributed by atoms with E-state index in [-0.39, 0.29) is 0 Å². The van der Waals surface area contributed by atoms with Gasteiger partial charge in [-0.15, -0.1) is 0 Å². The van der Waals surface area contributed by atoms with Gasteiger partial charge >= 0.3 is 0 Å². The number of hydrogen-bond donors (Lipinski definition) is 0. The third-order valence-electron chi connectivity index (χ3n) is 10.9. The van der Waals surface area contributed by atoms with E-state index in [9.17, 15) is 0 Å². The Morgan fingerprint density at radius 1 is 0.538 bits per heavy atom. The van der Waals surface area contributed by atoms with Crippen molar-refractivity contribution < 1.29 is 0 Å². The van der Waals surface area contributed by atoms with E-state index in [4.69, 9.17) is 4.99 Å². The Morgan fingerprint density at radius 2 is 1.00 bits per heavy atom. The smallest absolute Gasteiger partial charge is 0.0645 e. The van der Waals surface area contributed by atoms with Crippen molar-refractivity contribution in [2.45, 2.75) is 157 Å². The molecular formula is C51H69N.